The monoisotopic (exact) mass is 449 g/mol. The van der Waals surface area contributed by atoms with Crippen LogP contribution in [0.15, 0.2) is 41.6 Å². The number of hydrogen-bond donors (Lipinski definition) is 1. The van der Waals surface area contributed by atoms with Gasteiger partial charge in [-0.3, -0.25) is 9.78 Å². The molecule has 31 heavy (non-hydrogen) atoms. The van der Waals surface area contributed by atoms with E-state index in [1.807, 2.05) is 18.2 Å². The van der Waals surface area contributed by atoms with Gasteiger partial charge in [0.1, 0.15) is 18.1 Å². The first kappa shape index (κ1) is 23.0. The van der Waals surface area contributed by atoms with Crippen LogP contribution >= 0.6 is 11.8 Å². The number of benzene rings is 1. The van der Waals surface area contributed by atoms with Crippen molar-refractivity contribution in [3.8, 4) is 16.9 Å². The summed E-state index contributed by atoms with van der Waals surface area (Å²) in [4.78, 5) is 27.5. The fourth-order valence-electron chi connectivity index (χ4n) is 3.22. The highest BCUT2D eigenvalue weighted by atomic mass is 32.2. The van der Waals surface area contributed by atoms with E-state index < -0.39 is 18.3 Å². The van der Waals surface area contributed by atoms with Gasteiger partial charge >= 0.3 is 5.92 Å². The Morgan fingerprint density at radius 1 is 1.29 bits per heavy atom. The molecule has 9 heteroatoms. The molecular weight excluding hydrogens is 424 g/mol. The molecule has 0 spiro atoms. The van der Waals surface area contributed by atoms with Gasteiger partial charge in [-0.05, 0) is 44.5 Å². The summed E-state index contributed by atoms with van der Waals surface area (Å²) in [7, 11) is 0. The third-order valence-electron chi connectivity index (χ3n) is 4.62. The average Bonchev–Trinajstić information content (AvgIpc) is 3.20. The second-order valence-electron chi connectivity index (χ2n) is 7.53. The highest BCUT2D eigenvalue weighted by molar-refractivity contribution is 8.00. The van der Waals surface area contributed by atoms with Crippen LogP contribution in [0, 0.1) is 0 Å². The number of carbonyl (C=O) groups is 2. The summed E-state index contributed by atoms with van der Waals surface area (Å²) in [6.07, 6.45) is 2.91. The summed E-state index contributed by atoms with van der Waals surface area (Å²) < 4.78 is 32.1. The maximum atomic E-state index is 13.2. The number of Topliss-reactive ketones (excluding diaryl/α,β-unsaturated/α-hetero) is 1. The lowest BCUT2D eigenvalue weighted by atomic mass is 10.1. The van der Waals surface area contributed by atoms with E-state index in [2.05, 4.69) is 23.3 Å². The molecule has 2 aliphatic rings. The van der Waals surface area contributed by atoms with Gasteiger partial charge in [0.2, 0.25) is 0 Å². The number of nitrogens with one attached hydrogen (secondary N) is 1. The van der Waals surface area contributed by atoms with E-state index in [0.29, 0.717) is 11.1 Å². The van der Waals surface area contributed by atoms with Crippen molar-refractivity contribution in [3.05, 3.63) is 36.7 Å². The van der Waals surface area contributed by atoms with Crippen molar-refractivity contribution in [2.75, 3.05) is 25.0 Å². The van der Waals surface area contributed by atoms with Gasteiger partial charge in [-0.15, -0.1) is 0 Å². The zero-order valence-electron chi connectivity index (χ0n) is 17.7. The van der Waals surface area contributed by atoms with Crippen LogP contribution in [0.5, 0.6) is 5.75 Å². The number of aromatic nitrogens is 1. The molecule has 0 aliphatic carbocycles. The van der Waals surface area contributed by atoms with Crippen molar-refractivity contribution in [1.82, 2.24) is 9.88 Å². The lowest BCUT2D eigenvalue weighted by Crippen LogP contribution is -2.35. The van der Waals surface area contributed by atoms with Crippen molar-refractivity contribution < 1.29 is 23.1 Å². The van der Waals surface area contributed by atoms with Crippen LogP contribution in [0.3, 0.4) is 0 Å². The molecule has 1 N–H and O–H groups in total. The first-order valence-electron chi connectivity index (χ1n) is 9.95. The van der Waals surface area contributed by atoms with E-state index >= 15 is 0 Å². The molecule has 0 bridgehead atoms. The minimum atomic E-state index is -3.24. The van der Waals surface area contributed by atoms with Crippen LogP contribution in [0.4, 0.5) is 14.5 Å². The quantitative estimate of drug-likeness (QED) is 0.727. The molecule has 1 amide bonds. The van der Waals surface area contributed by atoms with Crippen LogP contribution in [-0.4, -0.2) is 52.6 Å². The Bertz CT molecular complexity index is 967. The number of likely N-dealkylation sites (tertiary alicyclic amines) is 1. The van der Waals surface area contributed by atoms with Crippen molar-refractivity contribution in [3.63, 3.8) is 0 Å². The van der Waals surface area contributed by atoms with Gasteiger partial charge in [-0.1, -0.05) is 17.8 Å². The van der Waals surface area contributed by atoms with Gasteiger partial charge < -0.3 is 19.7 Å². The van der Waals surface area contributed by atoms with Gasteiger partial charge in [0.05, 0.1) is 18.1 Å². The Hall–Kier alpha value is -2.68. The molecule has 0 saturated carbocycles. The highest BCUT2D eigenvalue weighted by Gasteiger charge is 2.47. The number of nitrogens with zero attached hydrogens (tertiary/aromatic N) is 2. The van der Waals surface area contributed by atoms with Gasteiger partial charge in [0, 0.05) is 35.3 Å². The van der Waals surface area contributed by atoms with E-state index in [1.54, 1.807) is 24.2 Å². The van der Waals surface area contributed by atoms with Crippen molar-refractivity contribution in [2.24, 2.45) is 0 Å². The summed E-state index contributed by atoms with van der Waals surface area (Å²) in [5.41, 5.74) is 3.08. The largest absolute Gasteiger partial charge is 0.490 e. The van der Waals surface area contributed by atoms with Crippen LogP contribution in [0.25, 0.3) is 11.1 Å². The van der Waals surface area contributed by atoms with Crippen LogP contribution in [0.1, 0.15) is 27.2 Å². The predicted octanol–water partition coefficient (Wildman–Crippen LogP) is 4.45. The highest BCUT2D eigenvalue weighted by Crippen LogP contribution is 2.40. The van der Waals surface area contributed by atoms with E-state index in [4.69, 9.17) is 4.74 Å². The number of ketones is 1. The predicted molar refractivity (Wildman–Crippen MR) is 117 cm³/mol. The van der Waals surface area contributed by atoms with Gasteiger partial charge in [0.25, 0.3) is 5.91 Å². The number of fused-ring (bicyclic) bond motifs is 1. The standard InChI is InChI=1S/C19H19F2N3O2S.C3H6O/c1-12-23-16-3-2-13(9-17(16)27-12)14-8-15(11-22-10-14)26-7-6-24-5-4-19(20,21)18(24)25;1-3(2)4/h2-3,8-12,23H,4-7H2,1H3;1-2H3. The Kier molecular flexibility index (Phi) is 7.15. The van der Waals surface area contributed by atoms with E-state index in [1.165, 1.54) is 18.7 Å². The summed E-state index contributed by atoms with van der Waals surface area (Å²) in [6, 6.07) is 8.05. The fourth-order valence-corrected chi connectivity index (χ4v) is 4.23. The van der Waals surface area contributed by atoms with Crippen LogP contribution < -0.4 is 10.1 Å². The number of amides is 1. The van der Waals surface area contributed by atoms with Crippen molar-refractivity contribution in [1.29, 1.82) is 0 Å². The molecule has 1 atom stereocenters. The SMILES string of the molecule is CC(C)=O.CC1Nc2ccc(-c3cncc(OCCN4CCC(F)(F)C4=O)c3)cc2S1. The molecule has 1 saturated heterocycles. The second kappa shape index (κ2) is 9.64. The first-order chi connectivity index (χ1) is 14.7. The number of alkyl halides is 2. The Labute approximate surface area is 184 Å². The Morgan fingerprint density at radius 3 is 2.71 bits per heavy atom. The van der Waals surface area contributed by atoms with Gasteiger partial charge in [0.15, 0.2) is 0 Å². The number of rotatable bonds is 5. The average molecular weight is 450 g/mol. The third-order valence-corrected chi connectivity index (χ3v) is 5.68. The molecular formula is C22H25F2N3O3S. The number of carbonyl (C=O) groups excluding carboxylic acids is 2. The lowest BCUT2D eigenvalue weighted by molar-refractivity contribution is -0.148. The molecule has 1 aromatic heterocycles. The zero-order chi connectivity index (χ0) is 22.6. The smallest absolute Gasteiger partial charge is 0.326 e. The number of pyridine rings is 1. The van der Waals surface area contributed by atoms with E-state index in [-0.39, 0.29) is 25.5 Å². The Balaban J connectivity index is 0.000000628. The van der Waals surface area contributed by atoms with Gasteiger partial charge in [-0.2, -0.15) is 8.78 Å². The maximum absolute atomic E-state index is 13.2. The number of anilines is 1. The fraction of sp³-hybridized carbons (Fsp3) is 0.409. The van der Waals surface area contributed by atoms with Crippen LogP contribution in [0.2, 0.25) is 0 Å². The molecule has 0 radical (unpaired) electrons. The number of thioether (sulfide) groups is 1. The summed E-state index contributed by atoms with van der Waals surface area (Å²) in [5.74, 6) is -3.64. The van der Waals surface area contributed by atoms with Gasteiger partial charge in [-0.25, -0.2) is 0 Å². The van der Waals surface area contributed by atoms with E-state index in [9.17, 15) is 18.4 Å². The molecule has 1 aromatic carbocycles. The first-order valence-corrected chi connectivity index (χ1v) is 10.8. The summed E-state index contributed by atoms with van der Waals surface area (Å²) >= 11 is 1.77. The molecule has 1 unspecified atom stereocenters. The zero-order valence-corrected chi connectivity index (χ0v) is 18.5. The maximum Gasteiger partial charge on any atom is 0.326 e. The molecule has 2 aliphatic heterocycles. The molecule has 6 nitrogen and oxygen atoms in total. The van der Waals surface area contributed by atoms with Crippen molar-refractivity contribution in [2.45, 2.75) is 43.4 Å². The molecule has 3 heterocycles. The normalized spacial score (nSPS) is 18.7. The molecule has 1 fully saturated rings. The van der Waals surface area contributed by atoms with E-state index in [0.717, 1.165) is 21.7 Å². The number of ether oxygens (including phenoxy) is 1. The van der Waals surface area contributed by atoms with Crippen LogP contribution in [-0.2, 0) is 9.59 Å². The topological polar surface area (TPSA) is 71.5 Å². The molecule has 2 aromatic rings. The number of halogens is 2. The second-order valence-corrected chi connectivity index (χ2v) is 8.91. The molecule has 166 valence electrons. The lowest BCUT2D eigenvalue weighted by Gasteiger charge is -2.16. The summed E-state index contributed by atoms with van der Waals surface area (Å²) in [5, 5.41) is 3.74. The molecule has 4 rings (SSSR count). The Morgan fingerprint density at radius 2 is 2.03 bits per heavy atom. The minimum Gasteiger partial charge on any atom is -0.490 e. The van der Waals surface area contributed by atoms with Crippen molar-refractivity contribution >= 4 is 29.1 Å². The third kappa shape index (κ3) is 5.94. The number of hydrogen-bond acceptors (Lipinski definition) is 6. The minimum absolute atomic E-state index is 0.0622. The summed E-state index contributed by atoms with van der Waals surface area (Å²) in [6.45, 7) is 5.51.